The zero-order valence-electron chi connectivity index (χ0n) is 18.2. The number of amides is 2. The fraction of sp³-hybridized carbons (Fsp3) is 0.360. The predicted molar refractivity (Wildman–Crippen MR) is 119 cm³/mol. The van der Waals surface area contributed by atoms with Crippen molar-refractivity contribution in [3.8, 4) is 0 Å². The van der Waals surface area contributed by atoms with Gasteiger partial charge in [-0.2, -0.15) is 0 Å². The van der Waals surface area contributed by atoms with Gasteiger partial charge in [-0.1, -0.05) is 67.2 Å². The molecule has 0 saturated carbocycles. The monoisotopic (exact) mass is 422 g/mol. The smallest absolute Gasteiger partial charge is 0.407 e. The zero-order valence-corrected chi connectivity index (χ0v) is 18.2. The second-order valence-electron chi connectivity index (χ2n) is 8.29. The fourth-order valence-corrected chi connectivity index (χ4v) is 3.83. The average Bonchev–Trinajstić information content (AvgIpc) is 3.11. The van der Waals surface area contributed by atoms with Gasteiger partial charge in [0, 0.05) is 5.54 Å². The van der Waals surface area contributed by atoms with Gasteiger partial charge in [-0.05, 0) is 37.8 Å². The molecule has 1 heterocycles. The zero-order chi connectivity index (χ0) is 22.3. The lowest BCUT2D eigenvalue weighted by Crippen LogP contribution is -2.51. The van der Waals surface area contributed by atoms with E-state index in [1.54, 1.807) is 4.90 Å². The molecule has 1 aliphatic rings. The highest BCUT2D eigenvalue weighted by Crippen LogP contribution is 2.36. The fourth-order valence-electron chi connectivity index (χ4n) is 3.83. The van der Waals surface area contributed by atoms with Gasteiger partial charge in [-0.15, -0.1) is 0 Å². The topological polar surface area (TPSA) is 67.9 Å². The van der Waals surface area contributed by atoms with E-state index in [0.29, 0.717) is 12.4 Å². The van der Waals surface area contributed by atoms with Crippen molar-refractivity contribution in [2.45, 2.75) is 51.5 Å². The third-order valence-corrected chi connectivity index (χ3v) is 5.50. The van der Waals surface area contributed by atoms with Crippen LogP contribution >= 0.6 is 0 Å². The van der Waals surface area contributed by atoms with Crippen LogP contribution in [0, 0.1) is 0 Å². The quantitative estimate of drug-likeness (QED) is 0.640. The summed E-state index contributed by atoms with van der Waals surface area (Å²) in [5, 5.41) is 2.56. The van der Waals surface area contributed by atoms with Gasteiger partial charge < -0.3 is 19.7 Å². The van der Waals surface area contributed by atoms with E-state index in [2.05, 4.69) is 11.9 Å². The van der Waals surface area contributed by atoms with Crippen LogP contribution in [-0.4, -0.2) is 35.0 Å². The molecular weight excluding hydrogens is 392 g/mol. The van der Waals surface area contributed by atoms with Crippen LogP contribution in [0.15, 0.2) is 73.0 Å². The van der Waals surface area contributed by atoms with E-state index in [9.17, 15) is 9.59 Å². The molecule has 2 aromatic carbocycles. The molecule has 2 aromatic rings. The van der Waals surface area contributed by atoms with Crippen LogP contribution in [0.5, 0.6) is 0 Å². The maximum Gasteiger partial charge on any atom is 0.407 e. The molecule has 6 heteroatoms. The van der Waals surface area contributed by atoms with Crippen molar-refractivity contribution in [3.05, 3.63) is 84.1 Å². The van der Waals surface area contributed by atoms with Crippen LogP contribution in [-0.2, 0) is 27.5 Å². The Hall–Kier alpha value is -3.28. The molecular formula is C25H30N2O4. The Morgan fingerprint density at radius 3 is 2.13 bits per heavy atom. The van der Waals surface area contributed by atoms with E-state index in [1.165, 1.54) is 0 Å². The Morgan fingerprint density at radius 1 is 1.00 bits per heavy atom. The number of carbonyl (C=O) groups is 2. The molecule has 0 bridgehead atoms. The summed E-state index contributed by atoms with van der Waals surface area (Å²) in [6.07, 6.45) is 0.977. The molecule has 31 heavy (non-hydrogen) atoms. The van der Waals surface area contributed by atoms with Crippen LogP contribution in [0.2, 0.25) is 0 Å². The standard InChI is InChI=1S/C25H30N2O4/c1-19(30-17-20-10-6-4-7-11-20)22-14-15-25(2,3)27(22)23(28)16-26-24(29)31-18-21-12-8-5-9-13-21/h4-13,22H,1,14-18H2,2-3H3,(H,26,29). The van der Waals surface area contributed by atoms with E-state index >= 15 is 0 Å². The summed E-state index contributed by atoms with van der Waals surface area (Å²) in [5.41, 5.74) is 1.58. The third kappa shape index (κ3) is 6.10. The number of carbonyl (C=O) groups excluding carboxylic acids is 2. The molecule has 0 aliphatic carbocycles. The van der Waals surface area contributed by atoms with Gasteiger partial charge in [-0.3, -0.25) is 4.79 Å². The molecule has 1 fully saturated rings. The summed E-state index contributed by atoms with van der Waals surface area (Å²) in [6, 6.07) is 19.0. The van der Waals surface area contributed by atoms with Gasteiger partial charge >= 0.3 is 6.09 Å². The van der Waals surface area contributed by atoms with E-state index in [4.69, 9.17) is 9.47 Å². The lowest BCUT2D eigenvalue weighted by molar-refractivity contribution is -0.135. The van der Waals surface area contributed by atoms with Crippen LogP contribution in [0.4, 0.5) is 4.79 Å². The van der Waals surface area contributed by atoms with E-state index < -0.39 is 6.09 Å². The first-order valence-electron chi connectivity index (χ1n) is 10.5. The van der Waals surface area contributed by atoms with Gasteiger partial charge in [0.05, 0.1) is 6.04 Å². The summed E-state index contributed by atoms with van der Waals surface area (Å²) in [4.78, 5) is 26.8. The molecule has 6 nitrogen and oxygen atoms in total. The number of benzene rings is 2. The molecule has 2 amide bonds. The molecule has 1 saturated heterocycles. The number of hydrogen-bond acceptors (Lipinski definition) is 4. The first-order valence-corrected chi connectivity index (χ1v) is 10.5. The van der Waals surface area contributed by atoms with Crippen LogP contribution < -0.4 is 5.32 Å². The van der Waals surface area contributed by atoms with Crippen LogP contribution in [0.25, 0.3) is 0 Å². The minimum atomic E-state index is -0.620. The van der Waals surface area contributed by atoms with Crippen LogP contribution in [0.1, 0.15) is 37.8 Å². The minimum Gasteiger partial charge on any atom is -0.492 e. The number of nitrogens with zero attached hydrogens (tertiary/aromatic N) is 1. The van der Waals surface area contributed by atoms with Gasteiger partial charge in [0.2, 0.25) is 5.91 Å². The Bertz CT molecular complexity index is 896. The molecule has 164 valence electrons. The minimum absolute atomic E-state index is 0.139. The predicted octanol–water partition coefficient (Wildman–Crippen LogP) is 4.41. The molecule has 3 rings (SSSR count). The van der Waals surface area contributed by atoms with E-state index in [1.807, 2.05) is 74.5 Å². The maximum absolute atomic E-state index is 13.0. The van der Waals surface area contributed by atoms with Gasteiger partial charge in [0.15, 0.2) is 0 Å². The van der Waals surface area contributed by atoms with Crippen molar-refractivity contribution in [1.82, 2.24) is 10.2 Å². The molecule has 1 N–H and O–H groups in total. The summed E-state index contributed by atoms with van der Waals surface area (Å²) in [5.74, 6) is 0.378. The number of likely N-dealkylation sites (tertiary alicyclic amines) is 1. The van der Waals surface area contributed by atoms with Crippen molar-refractivity contribution in [2.24, 2.45) is 0 Å². The first-order chi connectivity index (χ1) is 14.9. The van der Waals surface area contributed by atoms with Crippen molar-refractivity contribution < 1.29 is 19.1 Å². The second-order valence-corrected chi connectivity index (χ2v) is 8.29. The Labute approximate surface area is 183 Å². The number of hydrogen-bond donors (Lipinski definition) is 1. The molecule has 0 spiro atoms. The third-order valence-electron chi connectivity index (χ3n) is 5.50. The van der Waals surface area contributed by atoms with Crippen LogP contribution in [0.3, 0.4) is 0 Å². The highest BCUT2D eigenvalue weighted by Gasteiger charge is 2.44. The van der Waals surface area contributed by atoms with Crippen molar-refractivity contribution in [1.29, 1.82) is 0 Å². The summed E-state index contributed by atoms with van der Waals surface area (Å²) < 4.78 is 11.1. The van der Waals surface area contributed by atoms with Gasteiger partial charge in [-0.25, -0.2) is 4.79 Å². The largest absolute Gasteiger partial charge is 0.492 e. The van der Waals surface area contributed by atoms with Gasteiger partial charge in [0.1, 0.15) is 25.5 Å². The maximum atomic E-state index is 13.0. The van der Waals surface area contributed by atoms with E-state index in [0.717, 1.165) is 24.0 Å². The molecule has 1 unspecified atom stereocenters. The second kappa shape index (κ2) is 10.2. The van der Waals surface area contributed by atoms with E-state index in [-0.39, 0.29) is 30.6 Å². The summed E-state index contributed by atoms with van der Waals surface area (Å²) in [6.45, 7) is 8.54. The van der Waals surface area contributed by atoms with Crippen molar-refractivity contribution >= 4 is 12.0 Å². The van der Waals surface area contributed by atoms with Gasteiger partial charge in [0.25, 0.3) is 0 Å². The average molecular weight is 423 g/mol. The summed E-state index contributed by atoms with van der Waals surface area (Å²) in [7, 11) is 0. The number of alkyl carbamates (subject to hydrolysis) is 1. The Morgan fingerprint density at radius 2 is 1.55 bits per heavy atom. The molecule has 0 aromatic heterocycles. The number of nitrogens with one attached hydrogen (secondary N) is 1. The highest BCUT2D eigenvalue weighted by molar-refractivity contribution is 5.83. The Balaban J connectivity index is 1.52. The first kappa shape index (κ1) is 22.4. The lowest BCUT2D eigenvalue weighted by Gasteiger charge is -2.36. The highest BCUT2D eigenvalue weighted by atomic mass is 16.5. The summed E-state index contributed by atoms with van der Waals surface area (Å²) >= 11 is 0. The lowest BCUT2D eigenvalue weighted by atomic mass is 10.0. The molecule has 0 radical (unpaired) electrons. The normalized spacial score (nSPS) is 17.1. The van der Waals surface area contributed by atoms with Crippen molar-refractivity contribution in [2.75, 3.05) is 6.54 Å². The number of ether oxygens (including phenoxy) is 2. The number of rotatable bonds is 8. The molecule has 1 aliphatic heterocycles. The SMILES string of the molecule is C=C(OCc1ccccc1)C1CCC(C)(C)N1C(=O)CNC(=O)OCc1ccccc1. The molecule has 1 atom stereocenters. The van der Waals surface area contributed by atoms with Crippen molar-refractivity contribution in [3.63, 3.8) is 0 Å². The Kier molecular flexibility index (Phi) is 7.34.